The molecule has 1 aromatic heterocycles. The largest absolute Gasteiger partial charge is 0.460 e. The fourth-order valence-electron chi connectivity index (χ4n) is 6.07. The summed E-state index contributed by atoms with van der Waals surface area (Å²) in [5, 5.41) is 8.29. The fourth-order valence-corrected chi connectivity index (χ4v) is 6.24. The second kappa shape index (κ2) is 18.2. The molecule has 51 heavy (non-hydrogen) atoms. The lowest BCUT2D eigenvalue weighted by Crippen LogP contribution is -2.62. The highest BCUT2D eigenvalue weighted by molar-refractivity contribution is 6.67. The van der Waals surface area contributed by atoms with E-state index in [9.17, 15) is 19.2 Å². The molecular formula is C37H50Cl3N5O6. The molecule has 11 nitrogen and oxygen atoms in total. The number of hydrogen-bond acceptors (Lipinski definition) is 8. The van der Waals surface area contributed by atoms with Gasteiger partial charge in [-0.25, -0.2) is 5.43 Å². The van der Waals surface area contributed by atoms with Crippen molar-refractivity contribution in [1.82, 2.24) is 26.1 Å². The molecule has 2 aliphatic rings. The first-order valence-electron chi connectivity index (χ1n) is 17.6. The van der Waals surface area contributed by atoms with Crippen LogP contribution < -0.4 is 16.1 Å². The number of carbonyl (C=O) groups is 4. The number of carbonyl (C=O) groups excluding carboxylic acids is 4. The highest BCUT2D eigenvalue weighted by Gasteiger charge is 2.38. The number of fused-ring (bicyclic) bond motifs is 1. The van der Waals surface area contributed by atoms with Crippen molar-refractivity contribution in [3.8, 4) is 0 Å². The fraction of sp³-hybridized carbons (Fsp3) is 0.595. The Morgan fingerprint density at radius 1 is 1.08 bits per heavy atom. The van der Waals surface area contributed by atoms with E-state index >= 15 is 0 Å². The number of benzene rings is 1. The minimum Gasteiger partial charge on any atom is -0.460 e. The average Bonchev–Trinajstić information content (AvgIpc) is 3.10. The lowest BCUT2D eigenvalue weighted by molar-refractivity contribution is -0.153. The minimum atomic E-state index is -1.76. The SMILES string of the molecule is CCc1ccc2ccc(/C=C/C(C)(C)C(=O)NC(C(=O)NC(CC3CCOCC3)C(=O)N3CCCC(C(=O)OCC(Cl)(Cl)Cl)N3)C(C)C)cc2n1. The molecule has 1 aromatic carbocycles. The van der Waals surface area contributed by atoms with E-state index in [1.807, 2.05) is 50.3 Å². The third-order valence-corrected chi connectivity index (χ3v) is 9.62. The number of nitrogens with zero attached hydrogens (tertiary/aromatic N) is 2. The molecule has 3 atom stereocenters. The van der Waals surface area contributed by atoms with E-state index < -0.39 is 45.8 Å². The van der Waals surface area contributed by atoms with Crippen molar-refractivity contribution in [1.29, 1.82) is 0 Å². The molecule has 2 saturated heterocycles. The number of hydrazine groups is 1. The Morgan fingerprint density at radius 3 is 2.45 bits per heavy atom. The molecule has 2 fully saturated rings. The smallest absolute Gasteiger partial charge is 0.325 e. The average molecular weight is 767 g/mol. The number of halogens is 3. The molecule has 2 aliphatic heterocycles. The first-order valence-corrected chi connectivity index (χ1v) is 18.8. The Morgan fingerprint density at radius 2 is 1.78 bits per heavy atom. The van der Waals surface area contributed by atoms with Crippen LogP contribution in [0.5, 0.6) is 0 Å². The number of alkyl halides is 3. The predicted molar refractivity (Wildman–Crippen MR) is 200 cm³/mol. The van der Waals surface area contributed by atoms with Crippen LogP contribution in [0, 0.1) is 17.3 Å². The number of esters is 1. The number of hydrogen-bond donors (Lipinski definition) is 3. The molecule has 4 rings (SSSR count). The zero-order valence-corrected chi connectivity index (χ0v) is 32.2. The normalized spacial score (nSPS) is 18.8. The maximum absolute atomic E-state index is 14.0. The van der Waals surface area contributed by atoms with Crippen LogP contribution in [0.2, 0.25) is 0 Å². The van der Waals surface area contributed by atoms with Gasteiger partial charge in [0.05, 0.1) is 10.9 Å². The maximum Gasteiger partial charge on any atom is 0.325 e. The van der Waals surface area contributed by atoms with E-state index in [-0.39, 0.29) is 23.7 Å². The second-order valence-corrected chi connectivity index (χ2v) is 16.8. The molecule has 3 N–H and O–H groups in total. The molecule has 2 aromatic rings. The summed E-state index contributed by atoms with van der Waals surface area (Å²) in [5.74, 6) is -1.98. The van der Waals surface area contributed by atoms with Gasteiger partial charge in [-0.3, -0.25) is 29.2 Å². The lowest BCUT2D eigenvalue weighted by Gasteiger charge is -2.37. The van der Waals surface area contributed by atoms with Gasteiger partial charge in [-0.1, -0.05) is 85.9 Å². The molecule has 3 amide bonds. The van der Waals surface area contributed by atoms with Gasteiger partial charge < -0.3 is 20.1 Å². The first-order chi connectivity index (χ1) is 24.1. The van der Waals surface area contributed by atoms with Crippen molar-refractivity contribution in [3.63, 3.8) is 0 Å². The third-order valence-electron chi connectivity index (χ3n) is 9.29. The lowest BCUT2D eigenvalue weighted by atomic mass is 9.89. The Labute approximate surface area is 315 Å². The molecule has 3 unspecified atom stereocenters. The van der Waals surface area contributed by atoms with Crippen molar-refractivity contribution in [2.24, 2.45) is 17.3 Å². The van der Waals surface area contributed by atoms with Crippen LogP contribution in [-0.4, -0.2) is 82.0 Å². The van der Waals surface area contributed by atoms with Gasteiger partial charge in [-0.05, 0) is 81.9 Å². The predicted octanol–water partition coefficient (Wildman–Crippen LogP) is 5.69. The summed E-state index contributed by atoms with van der Waals surface area (Å²) >= 11 is 17.2. The van der Waals surface area contributed by atoms with Crippen LogP contribution in [0.1, 0.15) is 78.0 Å². The van der Waals surface area contributed by atoms with E-state index in [2.05, 4.69) is 29.0 Å². The Bertz CT molecular complexity index is 1570. The highest BCUT2D eigenvalue weighted by atomic mass is 35.6. The van der Waals surface area contributed by atoms with Gasteiger partial charge in [0.25, 0.3) is 5.91 Å². The van der Waals surface area contributed by atoms with Gasteiger partial charge in [-0.15, -0.1) is 0 Å². The van der Waals surface area contributed by atoms with Crippen molar-refractivity contribution < 1.29 is 28.7 Å². The maximum atomic E-state index is 14.0. The molecular weight excluding hydrogens is 717 g/mol. The van der Waals surface area contributed by atoms with Crippen LogP contribution >= 0.6 is 34.8 Å². The molecule has 0 aliphatic carbocycles. The summed E-state index contributed by atoms with van der Waals surface area (Å²) in [6, 6.07) is 7.40. The zero-order chi connectivity index (χ0) is 37.3. The summed E-state index contributed by atoms with van der Waals surface area (Å²) in [4.78, 5) is 59.0. The molecule has 0 radical (unpaired) electrons. The zero-order valence-electron chi connectivity index (χ0n) is 30.0. The number of aryl methyl sites for hydroxylation is 1. The van der Waals surface area contributed by atoms with Gasteiger partial charge in [0, 0.05) is 30.8 Å². The van der Waals surface area contributed by atoms with Crippen LogP contribution in [-0.2, 0) is 35.1 Å². The number of aromatic nitrogens is 1. The molecule has 0 spiro atoms. The number of rotatable bonds is 13. The summed E-state index contributed by atoms with van der Waals surface area (Å²) < 4.78 is 8.90. The van der Waals surface area contributed by atoms with Gasteiger partial charge >= 0.3 is 5.97 Å². The van der Waals surface area contributed by atoms with Crippen molar-refractivity contribution >= 4 is 75.5 Å². The molecule has 0 saturated carbocycles. The minimum absolute atomic E-state index is 0.137. The molecule has 280 valence electrons. The van der Waals surface area contributed by atoms with Crippen LogP contribution in [0.15, 0.2) is 36.4 Å². The van der Waals surface area contributed by atoms with E-state index in [1.165, 1.54) is 5.01 Å². The first kappa shape index (κ1) is 40.8. The van der Waals surface area contributed by atoms with Crippen molar-refractivity contribution in [3.05, 3.63) is 47.7 Å². The van der Waals surface area contributed by atoms with Crippen LogP contribution in [0.4, 0.5) is 0 Å². The Hall–Kier alpha value is -2.96. The van der Waals surface area contributed by atoms with E-state index in [0.29, 0.717) is 39.0 Å². The summed E-state index contributed by atoms with van der Waals surface area (Å²) in [7, 11) is 0. The van der Waals surface area contributed by atoms with Crippen LogP contribution in [0.25, 0.3) is 17.0 Å². The quantitative estimate of drug-likeness (QED) is 0.175. The monoisotopic (exact) mass is 765 g/mol. The highest BCUT2D eigenvalue weighted by Crippen LogP contribution is 2.27. The van der Waals surface area contributed by atoms with Gasteiger partial charge in [-0.2, -0.15) is 0 Å². The second-order valence-electron chi connectivity index (χ2n) is 14.2. The van der Waals surface area contributed by atoms with Crippen LogP contribution in [0.3, 0.4) is 0 Å². The molecule has 14 heteroatoms. The van der Waals surface area contributed by atoms with Gasteiger partial charge in [0.2, 0.25) is 15.6 Å². The molecule has 0 bridgehead atoms. The van der Waals surface area contributed by atoms with E-state index in [1.54, 1.807) is 13.8 Å². The number of ether oxygens (including phenoxy) is 2. The summed E-state index contributed by atoms with van der Waals surface area (Å²) in [5.41, 5.74) is 4.79. The number of nitrogens with one attached hydrogen (secondary N) is 3. The third kappa shape index (κ3) is 12.0. The van der Waals surface area contributed by atoms with Crippen molar-refractivity contribution in [2.75, 3.05) is 26.4 Å². The van der Waals surface area contributed by atoms with Crippen molar-refractivity contribution in [2.45, 2.75) is 95.1 Å². The molecule has 3 heterocycles. The number of pyridine rings is 1. The Balaban J connectivity index is 1.46. The van der Waals surface area contributed by atoms with Gasteiger partial charge in [0.15, 0.2) is 0 Å². The topological polar surface area (TPSA) is 139 Å². The summed E-state index contributed by atoms with van der Waals surface area (Å²) in [6.07, 6.45) is 7.35. The Kier molecular flexibility index (Phi) is 14.6. The summed E-state index contributed by atoms with van der Waals surface area (Å²) in [6.45, 7) is 10.4. The standard InChI is InChI=1S/C37H50Cl3N5O6/c1-6-27-12-11-26-10-9-24(20-29(26)41-27)13-16-36(4,5)35(49)43-31(23(2)3)32(46)42-30(21-25-14-18-50-19-15-25)33(47)45-17-7-8-28(44-45)34(48)51-22-37(38,39)40/h9-13,16,20,23,25,28,30-31,44H,6-8,14-15,17-19,21-22H2,1-5H3,(H,42,46)(H,43,49)/b16-13+. The van der Waals surface area contributed by atoms with Gasteiger partial charge in [0.1, 0.15) is 24.7 Å². The van der Waals surface area contributed by atoms with E-state index in [0.717, 1.165) is 41.4 Å². The number of amides is 3. The van der Waals surface area contributed by atoms with E-state index in [4.69, 9.17) is 49.3 Å².